The smallest absolute Gasteiger partial charge is 0.306 e. The number of hydrazone groups is 1. The van der Waals surface area contributed by atoms with E-state index in [-0.39, 0.29) is 0 Å². The maximum Gasteiger partial charge on any atom is 0.306 e. The van der Waals surface area contributed by atoms with Crippen molar-refractivity contribution in [3.8, 4) is 11.3 Å². The Balaban J connectivity index is 1.41. The van der Waals surface area contributed by atoms with Gasteiger partial charge in [-0.05, 0) is 28.0 Å². The Hall–Kier alpha value is -3.86. The number of oxazole rings is 1. The summed E-state index contributed by atoms with van der Waals surface area (Å²) in [5, 5.41) is 9.24. The van der Waals surface area contributed by atoms with Gasteiger partial charge in [-0.15, -0.1) is 0 Å². The predicted octanol–water partition coefficient (Wildman–Crippen LogP) is 5.10. The van der Waals surface area contributed by atoms with Gasteiger partial charge in [-0.3, -0.25) is 9.41 Å². The minimum absolute atomic E-state index is 0.569. The van der Waals surface area contributed by atoms with Crippen LogP contribution in [0.25, 0.3) is 27.9 Å². The van der Waals surface area contributed by atoms with Crippen molar-refractivity contribution in [3.05, 3.63) is 96.0 Å². The van der Waals surface area contributed by atoms with E-state index in [0.717, 1.165) is 30.0 Å². The average molecular weight is 378 g/mol. The monoisotopic (exact) mass is 378 g/mol. The SMILES string of the molecule is C(=N\N1Cc2ccccc2C1)/c1c(-c2ccc3ccccc3c2)nc2occn12. The van der Waals surface area contributed by atoms with Gasteiger partial charge in [-0.2, -0.15) is 10.1 Å². The fourth-order valence-electron chi connectivity index (χ4n) is 4.01. The third-order valence-electron chi connectivity index (χ3n) is 5.49. The van der Waals surface area contributed by atoms with Gasteiger partial charge < -0.3 is 4.42 Å². The van der Waals surface area contributed by atoms with Crippen molar-refractivity contribution >= 4 is 22.8 Å². The minimum Gasteiger partial charge on any atom is -0.432 e. The van der Waals surface area contributed by atoms with Crippen LogP contribution in [-0.2, 0) is 13.1 Å². The Labute approximate surface area is 167 Å². The second-order valence-electron chi connectivity index (χ2n) is 7.30. The van der Waals surface area contributed by atoms with Crippen LogP contribution < -0.4 is 0 Å². The summed E-state index contributed by atoms with van der Waals surface area (Å²) in [6.45, 7) is 1.65. The highest BCUT2D eigenvalue weighted by Gasteiger charge is 2.18. The van der Waals surface area contributed by atoms with Gasteiger partial charge in [0.2, 0.25) is 0 Å². The van der Waals surface area contributed by atoms with Crippen molar-refractivity contribution in [2.75, 3.05) is 0 Å². The molecule has 0 unspecified atom stereocenters. The summed E-state index contributed by atoms with van der Waals surface area (Å²) in [7, 11) is 0. The van der Waals surface area contributed by atoms with E-state index in [4.69, 9.17) is 14.5 Å². The van der Waals surface area contributed by atoms with Gasteiger partial charge >= 0.3 is 5.84 Å². The Bertz CT molecular complexity index is 1350. The number of rotatable bonds is 3. The first kappa shape index (κ1) is 16.1. The van der Waals surface area contributed by atoms with E-state index in [2.05, 4.69) is 71.7 Å². The van der Waals surface area contributed by atoms with Gasteiger partial charge in [-0.1, -0.05) is 60.7 Å². The topological polar surface area (TPSA) is 46.0 Å². The maximum atomic E-state index is 5.55. The Kier molecular flexibility index (Phi) is 3.53. The molecule has 0 fully saturated rings. The summed E-state index contributed by atoms with van der Waals surface area (Å²) in [5.74, 6) is 0.569. The molecule has 140 valence electrons. The van der Waals surface area contributed by atoms with Crippen molar-refractivity contribution in [2.24, 2.45) is 5.10 Å². The first-order valence-corrected chi connectivity index (χ1v) is 9.65. The van der Waals surface area contributed by atoms with Crippen molar-refractivity contribution in [2.45, 2.75) is 13.1 Å². The third-order valence-corrected chi connectivity index (χ3v) is 5.49. The molecule has 5 nitrogen and oxygen atoms in total. The molecular formula is C24H18N4O. The minimum atomic E-state index is 0.569. The van der Waals surface area contributed by atoms with Gasteiger partial charge in [-0.25, -0.2) is 0 Å². The van der Waals surface area contributed by atoms with Crippen LogP contribution in [0.1, 0.15) is 16.8 Å². The van der Waals surface area contributed by atoms with Crippen molar-refractivity contribution in [1.29, 1.82) is 0 Å². The molecule has 0 amide bonds. The fraction of sp³-hybridized carbons (Fsp3) is 0.0833. The second-order valence-corrected chi connectivity index (χ2v) is 7.30. The summed E-state index contributed by atoms with van der Waals surface area (Å²) in [4.78, 5) is 4.72. The van der Waals surface area contributed by atoms with E-state index < -0.39 is 0 Å². The van der Waals surface area contributed by atoms with Gasteiger partial charge in [0.25, 0.3) is 0 Å². The lowest BCUT2D eigenvalue weighted by atomic mass is 10.0. The zero-order valence-corrected chi connectivity index (χ0v) is 15.7. The molecule has 2 aromatic heterocycles. The highest BCUT2D eigenvalue weighted by Crippen LogP contribution is 2.28. The molecule has 0 aliphatic carbocycles. The molecule has 1 aliphatic rings. The number of hydrogen-bond donors (Lipinski definition) is 0. The molecule has 0 atom stereocenters. The van der Waals surface area contributed by atoms with Gasteiger partial charge in [0, 0.05) is 11.8 Å². The summed E-state index contributed by atoms with van der Waals surface area (Å²) >= 11 is 0. The van der Waals surface area contributed by atoms with E-state index in [1.165, 1.54) is 21.9 Å². The largest absolute Gasteiger partial charge is 0.432 e. The van der Waals surface area contributed by atoms with Crippen LogP contribution in [-0.4, -0.2) is 20.6 Å². The van der Waals surface area contributed by atoms with Crippen LogP contribution in [0.4, 0.5) is 0 Å². The van der Waals surface area contributed by atoms with Gasteiger partial charge in [0.05, 0.1) is 25.0 Å². The molecule has 6 rings (SSSR count). The summed E-state index contributed by atoms with van der Waals surface area (Å²) in [6, 6.07) is 23.2. The number of hydrogen-bond acceptors (Lipinski definition) is 4. The van der Waals surface area contributed by atoms with E-state index in [1.54, 1.807) is 6.26 Å². The summed E-state index contributed by atoms with van der Waals surface area (Å²) in [5.41, 5.74) is 5.51. The molecule has 0 saturated heterocycles. The zero-order valence-electron chi connectivity index (χ0n) is 15.7. The van der Waals surface area contributed by atoms with E-state index in [0.29, 0.717) is 5.84 Å². The van der Waals surface area contributed by atoms with Gasteiger partial charge in [0.1, 0.15) is 12.0 Å². The number of aromatic nitrogens is 2. The number of imidazole rings is 1. The molecule has 5 aromatic rings. The van der Waals surface area contributed by atoms with Crippen molar-refractivity contribution in [3.63, 3.8) is 0 Å². The lowest BCUT2D eigenvalue weighted by molar-refractivity contribution is 0.302. The van der Waals surface area contributed by atoms with E-state index >= 15 is 0 Å². The first-order chi connectivity index (χ1) is 14.3. The number of benzene rings is 3. The predicted molar refractivity (Wildman–Crippen MR) is 114 cm³/mol. The molecule has 3 aromatic carbocycles. The molecule has 0 spiro atoms. The summed E-state index contributed by atoms with van der Waals surface area (Å²) in [6.07, 6.45) is 5.43. The molecule has 0 N–H and O–H groups in total. The third kappa shape index (κ3) is 2.70. The zero-order chi connectivity index (χ0) is 19.2. The Morgan fingerprint density at radius 1 is 0.897 bits per heavy atom. The van der Waals surface area contributed by atoms with Crippen LogP contribution in [0.2, 0.25) is 0 Å². The normalized spacial score (nSPS) is 13.7. The Morgan fingerprint density at radius 3 is 2.48 bits per heavy atom. The lowest BCUT2D eigenvalue weighted by Gasteiger charge is -2.09. The molecular weight excluding hydrogens is 360 g/mol. The molecule has 1 aliphatic heterocycles. The second kappa shape index (κ2) is 6.34. The quantitative estimate of drug-likeness (QED) is 0.411. The van der Waals surface area contributed by atoms with Crippen molar-refractivity contribution in [1.82, 2.24) is 14.4 Å². The van der Waals surface area contributed by atoms with Crippen LogP contribution >= 0.6 is 0 Å². The fourth-order valence-corrected chi connectivity index (χ4v) is 4.01. The molecule has 29 heavy (non-hydrogen) atoms. The van der Waals surface area contributed by atoms with E-state index in [9.17, 15) is 0 Å². The highest BCUT2D eigenvalue weighted by atomic mass is 16.3. The Morgan fingerprint density at radius 2 is 1.66 bits per heavy atom. The number of nitrogens with zero attached hydrogens (tertiary/aromatic N) is 4. The van der Waals surface area contributed by atoms with Gasteiger partial charge in [0.15, 0.2) is 0 Å². The van der Waals surface area contributed by atoms with Crippen molar-refractivity contribution < 1.29 is 4.42 Å². The van der Waals surface area contributed by atoms with Crippen LogP contribution in [0.3, 0.4) is 0 Å². The maximum absolute atomic E-state index is 5.55. The molecule has 0 radical (unpaired) electrons. The average Bonchev–Trinajstić information content (AvgIpc) is 3.46. The molecule has 0 bridgehead atoms. The highest BCUT2D eigenvalue weighted by molar-refractivity contribution is 5.92. The van der Waals surface area contributed by atoms with Crippen LogP contribution in [0.15, 0.2) is 88.7 Å². The van der Waals surface area contributed by atoms with Crippen LogP contribution in [0.5, 0.6) is 0 Å². The molecule has 5 heteroatoms. The first-order valence-electron chi connectivity index (χ1n) is 9.65. The molecule has 0 saturated carbocycles. The van der Waals surface area contributed by atoms with E-state index in [1.807, 2.05) is 16.8 Å². The molecule has 3 heterocycles. The lowest BCUT2D eigenvalue weighted by Crippen LogP contribution is -2.09. The van der Waals surface area contributed by atoms with Crippen LogP contribution in [0, 0.1) is 0 Å². The standard InChI is InChI=1S/C24H18N4O/c1-2-6-18-13-19(10-9-17(18)5-1)23-22(28-11-12-29-24(28)26-23)14-25-27-15-20-7-3-4-8-21(20)16-27/h1-14H,15-16H2/b25-14+. The summed E-state index contributed by atoms with van der Waals surface area (Å²) < 4.78 is 7.49. The number of fused-ring (bicyclic) bond motifs is 3.